The topological polar surface area (TPSA) is 18.5 Å². The summed E-state index contributed by atoms with van der Waals surface area (Å²) in [4.78, 5) is 0.0729. The molecule has 72 valence electrons. The van der Waals surface area contributed by atoms with Crippen molar-refractivity contribution in [3.05, 3.63) is 35.9 Å². The molecule has 0 heterocycles. The Morgan fingerprint density at radius 1 is 1.08 bits per heavy atom. The number of alkyl halides is 1. The number of rotatable bonds is 4. The lowest BCUT2D eigenvalue weighted by molar-refractivity contribution is -0.101. The highest BCUT2D eigenvalue weighted by Crippen LogP contribution is 2.27. The van der Waals surface area contributed by atoms with E-state index in [4.69, 9.17) is 9.47 Å². The molecule has 0 aliphatic carbocycles. The number of ether oxygens (including phenoxy) is 2. The molecular formula is C10H13BrO2. The first kappa shape index (κ1) is 10.7. The summed E-state index contributed by atoms with van der Waals surface area (Å²) in [6.45, 7) is 0. The van der Waals surface area contributed by atoms with E-state index in [0.29, 0.717) is 0 Å². The Morgan fingerprint density at radius 2 is 1.62 bits per heavy atom. The Labute approximate surface area is 87.0 Å². The van der Waals surface area contributed by atoms with Crippen LogP contribution in [-0.2, 0) is 9.47 Å². The smallest absolute Gasteiger partial charge is 0.173 e. The third-order valence-corrected chi connectivity index (χ3v) is 2.78. The molecule has 0 aromatic heterocycles. The van der Waals surface area contributed by atoms with Crippen LogP contribution in [0.4, 0.5) is 0 Å². The van der Waals surface area contributed by atoms with E-state index in [0.717, 1.165) is 5.56 Å². The zero-order valence-corrected chi connectivity index (χ0v) is 9.32. The van der Waals surface area contributed by atoms with Crippen LogP contribution in [0.5, 0.6) is 0 Å². The monoisotopic (exact) mass is 244 g/mol. The highest BCUT2D eigenvalue weighted by molar-refractivity contribution is 9.09. The lowest BCUT2D eigenvalue weighted by atomic mass is 10.1. The molecule has 0 saturated carbocycles. The van der Waals surface area contributed by atoms with Crippen LogP contribution in [-0.4, -0.2) is 20.5 Å². The van der Waals surface area contributed by atoms with Crippen LogP contribution in [0.1, 0.15) is 10.4 Å². The average molecular weight is 245 g/mol. The summed E-state index contributed by atoms with van der Waals surface area (Å²) in [5, 5.41) is 0. The van der Waals surface area contributed by atoms with Gasteiger partial charge in [0.25, 0.3) is 0 Å². The van der Waals surface area contributed by atoms with Gasteiger partial charge in [-0.2, -0.15) is 0 Å². The molecule has 1 aromatic carbocycles. The Morgan fingerprint density at radius 3 is 2.08 bits per heavy atom. The van der Waals surface area contributed by atoms with Gasteiger partial charge in [0.05, 0.1) is 4.83 Å². The highest BCUT2D eigenvalue weighted by Gasteiger charge is 2.18. The van der Waals surface area contributed by atoms with Gasteiger partial charge in [0.15, 0.2) is 6.29 Å². The summed E-state index contributed by atoms with van der Waals surface area (Å²) in [5.41, 5.74) is 1.15. The standard InChI is InChI=1S/C10H13BrO2/c1-12-10(13-2)9(11)8-6-4-3-5-7-8/h3-7,9-10H,1-2H3. The first-order valence-corrected chi connectivity index (χ1v) is 4.95. The molecule has 1 aromatic rings. The van der Waals surface area contributed by atoms with Gasteiger partial charge in [-0.3, -0.25) is 0 Å². The predicted molar refractivity (Wildman–Crippen MR) is 55.9 cm³/mol. The maximum atomic E-state index is 5.15. The second-order valence-electron chi connectivity index (χ2n) is 2.65. The molecule has 0 fully saturated rings. The van der Waals surface area contributed by atoms with Crippen molar-refractivity contribution in [2.75, 3.05) is 14.2 Å². The third-order valence-electron chi connectivity index (χ3n) is 1.82. The highest BCUT2D eigenvalue weighted by atomic mass is 79.9. The summed E-state index contributed by atoms with van der Waals surface area (Å²) in [6.07, 6.45) is -0.248. The second-order valence-corrected chi connectivity index (χ2v) is 3.64. The first-order valence-electron chi connectivity index (χ1n) is 4.04. The molecule has 0 saturated heterocycles. The summed E-state index contributed by atoms with van der Waals surface area (Å²) in [5.74, 6) is 0. The molecular weight excluding hydrogens is 232 g/mol. The fourth-order valence-corrected chi connectivity index (χ4v) is 1.87. The van der Waals surface area contributed by atoms with E-state index >= 15 is 0 Å². The molecule has 0 radical (unpaired) electrons. The van der Waals surface area contributed by atoms with E-state index in [1.165, 1.54) is 0 Å². The van der Waals surface area contributed by atoms with Crippen LogP contribution in [0.15, 0.2) is 30.3 Å². The molecule has 1 atom stereocenters. The van der Waals surface area contributed by atoms with Gasteiger partial charge in [0.1, 0.15) is 0 Å². The SMILES string of the molecule is COC(OC)C(Br)c1ccccc1. The number of benzene rings is 1. The summed E-state index contributed by atoms with van der Waals surface area (Å²) >= 11 is 3.52. The van der Waals surface area contributed by atoms with Gasteiger partial charge < -0.3 is 9.47 Å². The van der Waals surface area contributed by atoms with E-state index in [2.05, 4.69) is 15.9 Å². The van der Waals surface area contributed by atoms with Crippen molar-refractivity contribution >= 4 is 15.9 Å². The van der Waals surface area contributed by atoms with Crippen molar-refractivity contribution in [1.29, 1.82) is 0 Å². The van der Waals surface area contributed by atoms with Crippen molar-refractivity contribution in [1.82, 2.24) is 0 Å². The fourth-order valence-electron chi connectivity index (χ4n) is 1.13. The predicted octanol–water partition coefficient (Wildman–Crippen LogP) is 2.74. The number of halogens is 1. The molecule has 0 aliphatic rings. The average Bonchev–Trinajstić information content (AvgIpc) is 2.21. The Bertz CT molecular complexity index is 234. The zero-order chi connectivity index (χ0) is 9.68. The van der Waals surface area contributed by atoms with E-state index in [9.17, 15) is 0 Å². The fraction of sp³-hybridized carbons (Fsp3) is 0.400. The summed E-state index contributed by atoms with van der Waals surface area (Å²) in [7, 11) is 3.26. The maximum Gasteiger partial charge on any atom is 0.173 e. The van der Waals surface area contributed by atoms with Crippen LogP contribution in [0, 0.1) is 0 Å². The van der Waals surface area contributed by atoms with Gasteiger partial charge in [-0.25, -0.2) is 0 Å². The van der Waals surface area contributed by atoms with Crippen LogP contribution in [0.2, 0.25) is 0 Å². The number of hydrogen-bond donors (Lipinski definition) is 0. The normalized spacial score (nSPS) is 13.2. The van der Waals surface area contributed by atoms with E-state index in [1.807, 2.05) is 30.3 Å². The largest absolute Gasteiger partial charge is 0.354 e. The van der Waals surface area contributed by atoms with Gasteiger partial charge in [0.2, 0.25) is 0 Å². The minimum absolute atomic E-state index is 0.0729. The molecule has 0 aliphatic heterocycles. The van der Waals surface area contributed by atoms with Crippen LogP contribution in [0.25, 0.3) is 0 Å². The minimum Gasteiger partial charge on any atom is -0.354 e. The van der Waals surface area contributed by atoms with Crippen molar-refractivity contribution in [2.45, 2.75) is 11.1 Å². The zero-order valence-electron chi connectivity index (χ0n) is 7.74. The van der Waals surface area contributed by atoms with Crippen molar-refractivity contribution in [2.24, 2.45) is 0 Å². The quantitative estimate of drug-likeness (QED) is 0.599. The van der Waals surface area contributed by atoms with Crippen LogP contribution >= 0.6 is 15.9 Å². The molecule has 0 bridgehead atoms. The van der Waals surface area contributed by atoms with E-state index < -0.39 is 0 Å². The lowest BCUT2D eigenvalue weighted by Gasteiger charge is -2.19. The Kier molecular flexibility index (Phi) is 4.42. The van der Waals surface area contributed by atoms with Crippen LogP contribution < -0.4 is 0 Å². The molecule has 1 unspecified atom stereocenters. The van der Waals surface area contributed by atoms with Gasteiger partial charge >= 0.3 is 0 Å². The molecule has 3 heteroatoms. The Balaban J connectivity index is 2.72. The first-order chi connectivity index (χ1) is 6.29. The van der Waals surface area contributed by atoms with Crippen LogP contribution in [0.3, 0.4) is 0 Å². The van der Waals surface area contributed by atoms with E-state index in [-0.39, 0.29) is 11.1 Å². The van der Waals surface area contributed by atoms with Crippen molar-refractivity contribution in [3.63, 3.8) is 0 Å². The van der Waals surface area contributed by atoms with Crippen molar-refractivity contribution < 1.29 is 9.47 Å². The molecule has 1 rings (SSSR count). The van der Waals surface area contributed by atoms with Gasteiger partial charge in [0, 0.05) is 14.2 Å². The summed E-state index contributed by atoms with van der Waals surface area (Å²) < 4.78 is 10.3. The molecule has 0 spiro atoms. The molecule has 0 amide bonds. The lowest BCUT2D eigenvalue weighted by Crippen LogP contribution is -2.18. The molecule has 0 N–H and O–H groups in total. The molecule has 13 heavy (non-hydrogen) atoms. The minimum atomic E-state index is -0.248. The van der Waals surface area contributed by atoms with E-state index in [1.54, 1.807) is 14.2 Å². The van der Waals surface area contributed by atoms with Crippen molar-refractivity contribution in [3.8, 4) is 0 Å². The van der Waals surface area contributed by atoms with Gasteiger partial charge in [-0.05, 0) is 5.56 Å². The van der Waals surface area contributed by atoms with Gasteiger partial charge in [-0.1, -0.05) is 46.3 Å². The second kappa shape index (κ2) is 5.37. The van der Waals surface area contributed by atoms with Gasteiger partial charge in [-0.15, -0.1) is 0 Å². The Hall–Kier alpha value is -0.380. The summed E-state index contributed by atoms with van der Waals surface area (Å²) in [6, 6.07) is 10.0. The third kappa shape index (κ3) is 2.79. The maximum absolute atomic E-state index is 5.15. The molecule has 2 nitrogen and oxygen atoms in total. The number of methoxy groups -OCH3 is 2. The number of hydrogen-bond acceptors (Lipinski definition) is 2.